The average molecular weight is 295 g/mol. The molecule has 0 radical (unpaired) electrons. The zero-order chi connectivity index (χ0) is 15.6. The number of imide groups is 1. The van der Waals surface area contributed by atoms with Crippen LogP contribution < -0.4 is 10.6 Å². The summed E-state index contributed by atoms with van der Waals surface area (Å²) in [6.07, 6.45) is 4.43. The number of nitrogens with one attached hydrogen (secondary N) is 2. The Kier molecular flexibility index (Phi) is 4.54. The van der Waals surface area contributed by atoms with Crippen LogP contribution in [0.1, 0.15) is 52.9 Å². The lowest BCUT2D eigenvalue weighted by Gasteiger charge is -2.36. The topological polar surface area (TPSA) is 78.5 Å². The van der Waals surface area contributed by atoms with Crippen molar-refractivity contribution in [2.75, 3.05) is 6.54 Å². The van der Waals surface area contributed by atoms with Crippen molar-refractivity contribution in [3.8, 4) is 0 Å². The molecule has 2 N–H and O–H groups in total. The van der Waals surface area contributed by atoms with Gasteiger partial charge in [-0.2, -0.15) is 0 Å². The second kappa shape index (κ2) is 6.03. The Balaban J connectivity index is 2.06. The normalized spacial score (nSPS) is 30.4. The number of rotatable bonds is 4. The largest absolute Gasteiger partial charge is 0.352 e. The predicted octanol–water partition coefficient (Wildman–Crippen LogP) is 1.40. The SMILES string of the molecule is CC[C@H](C)NC(=O)CN1C(=O)N[C@]2(CCCC[C@H]2C)C1=O. The number of urea groups is 1. The number of hydrogen-bond acceptors (Lipinski definition) is 3. The minimum absolute atomic E-state index is 0.0424. The molecule has 2 aliphatic rings. The quantitative estimate of drug-likeness (QED) is 0.770. The zero-order valence-corrected chi connectivity index (χ0v) is 13.1. The third-order valence-corrected chi connectivity index (χ3v) is 4.82. The Morgan fingerprint density at radius 2 is 2.19 bits per heavy atom. The molecule has 2 fully saturated rings. The van der Waals surface area contributed by atoms with Crippen molar-refractivity contribution in [1.29, 1.82) is 0 Å². The maximum atomic E-state index is 12.7. The second-order valence-electron chi connectivity index (χ2n) is 6.32. The molecule has 6 heteroatoms. The van der Waals surface area contributed by atoms with Gasteiger partial charge in [0.15, 0.2) is 0 Å². The van der Waals surface area contributed by atoms with Gasteiger partial charge in [0.25, 0.3) is 5.91 Å². The Morgan fingerprint density at radius 3 is 2.81 bits per heavy atom. The van der Waals surface area contributed by atoms with Crippen molar-refractivity contribution < 1.29 is 14.4 Å². The van der Waals surface area contributed by atoms with E-state index in [9.17, 15) is 14.4 Å². The first-order valence-electron chi connectivity index (χ1n) is 7.84. The van der Waals surface area contributed by atoms with E-state index in [0.29, 0.717) is 6.42 Å². The first-order valence-corrected chi connectivity index (χ1v) is 7.84. The van der Waals surface area contributed by atoms with E-state index in [1.807, 2.05) is 20.8 Å². The summed E-state index contributed by atoms with van der Waals surface area (Å²) in [4.78, 5) is 37.8. The van der Waals surface area contributed by atoms with Crippen LogP contribution >= 0.6 is 0 Å². The standard InChI is InChI=1S/C15H25N3O3/c1-4-11(3)16-12(19)9-18-13(20)15(17-14(18)21)8-6-5-7-10(15)2/h10-11H,4-9H2,1-3H3,(H,16,19)(H,17,21)/t10-,11+,15+/m1/s1. The monoisotopic (exact) mass is 295 g/mol. The molecule has 0 aromatic heterocycles. The van der Waals surface area contributed by atoms with Crippen LogP contribution in [0.15, 0.2) is 0 Å². The summed E-state index contributed by atoms with van der Waals surface area (Å²) in [7, 11) is 0. The van der Waals surface area contributed by atoms with Gasteiger partial charge in [-0.15, -0.1) is 0 Å². The van der Waals surface area contributed by atoms with Gasteiger partial charge in [-0.1, -0.05) is 26.7 Å². The maximum Gasteiger partial charge on any atom is 0.325 e. The highest BCUT2D eigenvalue weighted by molar-refractivity contribution is 6.09. The highest BCUT2D eigenvalue weighted by Crippen LogP contribution is 2.38. The summed E-state index contributed by atoms with van der Waals surface area (Å²) in [5.41, 5.74) is -0.786. The predicted molar refractivity (Wildman–Crippen MR) is 78.5 cm³/mol. The molecule has 0 unspecified atom stereocenters. The van der Waals surface area contributed by atoms with Gasteiger partial charge < -0.3 is 10.6 Å². The van der Waals surface area contributed by atoms with Gasteiger partial charge in [0.2, 0.25) is 5.91 Å². The number of hydrogen-bond donors (Lipinski definition) is 2. The molecule has 1 heterocycles. The molecule has 2 rings (SSSR count). The summed E-state index contributed by atoms with van der Waals surface area (Å²) in [5.74, 6) is -0.405. The third-order valence-electron chi connectivity index (χ3n) is 4.82. The fourth-order valence-corrected chi connectivity index (χ4v) is 3.21. The molecule has 0 bridgehead atoms. The van der Waals surface area contributed by atoms with Crippen LogP contribution in [0, 0.1) is 5.92 Å². The Hall–Kier alpha value is -1.59. The minimum atomic E-state index is -0.786. The van der Waals surface area contributed by atoms with E-state index >= 15 is 0 Å². The molecular formula is C15H25N3O3. The van der Waals surface area contributed by atoms with E-state index in [1.54, 1.807) is 0 Å². The number of amides is 4. The summed E-state index contributed by atoms with van der Waals surface area (Å²) in [5, 5.41) is 5.64. The fourth-order valence-electron chi connectivity index (χ4n) is 3.21. The molecular weight excluding hydrogens is 270 g/mol. The van der Waals surface area contributed by atoms with Crippen LogP contribution in [-0.2, 0) is 9.59 Å². The lowest BCUT2D eigenvalue weighted by atomic mass is 9.73. The van der Waals surface area contributed by atoms with E-state index in [1.165, 1.54) is 0 Å². The fraction of sp³-hybridized carbons (Fsp3) is 0.800. The number of nitrogens with zero attached hydrogens (tertiary/aromatic N) is 1. The van der Waals surface area contributed by atoms with E-state index < -0.39 is 11.6 Å². The van der Waals surface area contributed by atoms with Gasteiger partial charge in [-0.25, -0.2) is 4.79 Å². The van der Waals surface area contributed by atoms with Crippen molar-refractivity contribution in [1.82, 2.24) is 15.5 Å². The zero-order valence-electron chi connectivity index (χ0n) is 13.1. The Morgan fingerprint density at radius 1 is 1.48 bits per heavy atom. The van der Waals surface area contributed by atoms with Gasteiger partial charge in [-0.3, -0.25) is 14.5 Å². The number of carbonyl (C=O) groups excluding carboxylic acids is 3. The number of carbonyl (C=O) groups is 3. The second-order valence-corrected chi connectivity index (χ2v) is 6.32. The molecule has 1 aliphatic carbocycles. The molecule has 4 amide bonds. The third kappa shape index (κ3) is 2.89. The summed E-state index contributed by atoms with van der Waals surface area (Å²) in [6.45, 7) is 5.68. The van der Waals surface area contributed by atoms with Crippen molar-refractivity contribution in [3.05, 3.63) is 0 Å². The summed E-state index contributed by atoms with van der Waals surface area (Å²) in [6, 6.07) is -0.395. The molecule has 0 aromatic carbocycles. The Labute approximate surface area is 125 Å². The molecule has 118 valence electrons. The van der Waals surface area contributed by atoms with E-state index in [-0.39, 0.29) is 30.3 Å². The van der Waals surface area contributed by atoms with Crippen molar-refractivity contribution in [2.45, 2.75) is 64.5 Å². The molecule has 1 saturated carbocycles. The van der Waals surface area contributed by atoms with Crippen LogP contribution in [0.25, 0.3) is 0 Å². The molecule has 1 saturated heterocycles. The lowest BCUT2D eigenvalue weighted by molar-refractivity contribution is -0.137. The van der Waals surface area contributed by atoms with E-state index in [4.69, 9.17) is 0 Å². The first kappa shape index (κ1) is 15.8. The van der Waals surface area contributed by atoms with Crippen LogP contribution in [0.4, 0.5) is 4.79 Å². The summed E-state index contributed by atoms with van der Waals surface area (Å²) >= 11 is 0. The average Bonchev–Trinajstić information content (AvgIpc) is 2.67. The maximum absolute atomic E-state index is 12.7. The molecule has 1 aliphatic heterocycles. The van der Waals surface area contributed by atoms with E-state index in [2.05, 4.69) is 10.6 Å². The summed E-state index contributed by atoms with van der Waals surface area (Å²) < 4.78 is 0. The molecule has 1 spiro atoms. The lowest BCUT2D eigenvalue weighted by Crippen LogP contribution is -2.54. The van der Waals surface area contributed by atoms with Crippen molar-refractivity contribution >= 4 is 17.8 Å². The molecule has 0 aromatic rings. The van der Waals surface area contributed by atoms with Gasteiger partial charge in [0, 0.05) is 6.04 Å². The van der Waals surface area contributed by atoms with E-state index in [0.717, 1.165) is 30.6 Å². The molecule has 3 atom stereocenters. The van der Waals surface area contributed by atoms with Crippen LogP contribution in [0.3, 0.4) is 0 Å². The highest BCUT2D eigenvalue weighted by atomic mass is 16.2. The van der Waals surface area contributed by atoms with Gasteiger partial charge >= 0.3 is 6.03 Å². The first-order chi connectivity index (χ1) is 9.90. The van der Waals surface area contributed by atoms with Gasteiger partial charge in [0.05, 0.1) is 0 Å². The van der Waals surface area contributed by atoms with Gasteiger partial charge in [-0.05, 0) is 32.1 Å². The molecule has 21 heavy (non-hydrogen) atoms. The minimum Gasteiger partial charge on any atom is -0.352 e. The highest BCUT2D eigenvalue weighted by Gasteiger charge is 2.55. The molecule has 6 nitrogen and oxygen atoms in total. The van der Waals surface area contributed by atoms with Gasteiger partial charge in [0.1, 0.15) is 12.1 Å². The van der Waals surface area contributed by atoms with Crippen LogP contribution in [0.5, 0.6) is 0 Å². The smallest absolute Gasteiger partial charge is 0.325 e. The van der Waals surface area contributed by atoms with Crippen LogP contribution in [0.2, 0.25) is 0 Å². The van der Waals surface area contributed by atoms with Crippen molar-refractivity contribution in [2.24, 2.45) is 5.92 Å². The van der Waals surface area contributed by atoms with Crippen molar-refractivity contribution in [3.63, 3.8) is 0 Å². The Bertz CT molecular complexity index is 451. The van der Waals surface area contributed by atoms with Crippen LogP contribution in [-0.4, -0.2) is 40.9 Å².